The largest absolute Gasteiger partial charge is 0.497 e. The molecule has 0 aromatic heterocycles. The Morgan fingerprint density at radius 2 is 1.33 bits per heavy atom. The number of ketones is 2. The van der Waals surface area contributed by atoms with E-state index in [9.17, 15) is 18.0 Å². The Morgan fingerprint density at radius 1 is 0.795 bits per heavy atom. The zero-order valence-corrected chi connectivity index (χ0v) is 22.7. The molecule has 0 saturated heterocycles. The number of fused-ring (bicyclic) bond motifs is 1. The lowest BCUT2D eigenvalue weighted by Crippen LogP contribution is -2.19. The molecule has 4 rings (SSSR count). The van der Waals surface area contributed by atoms with Gasteiger partial charge in [0.2, 0.25) is 0 Å². The lowest BCUT2D eigenvalue weighted by Gasteiger charge is -2.12. The molecular weight excluding hydrogens is 524 g/mol. The lowest BCUT2D eigenvalue weighted by atomic mass is 9.95. The van der Waals surface area contributed by atoms with Crippen molar-refractivity contribution in [1.29, 1.82) is 0 Å². The molecule has 0 saturated carbocycles. The van der Waals surface area contributed by atoms with Crippen LogP contribution < -0.4 is 18.9 Å². The first kappa shape index (κ1) is 28.8. The fraction of sp³-hybridized carbons (Fsp3) is 0.179. The standard InChI is InChI=1S/C17H18O5.C11H8N2O3S/c1-19-11-5-7-13(15(9-11)21-3)17(18)14-8-6-12(20-2)10-16(14)22-4;1-17(15,16)10-4-2-3-8-7(10)5-6-9(13-12)11(8)14/h5-10H,1-4H3;2-6H,1H3. The van der Waals surface area contributed by atoms with Gasteiger partial charge in [-0.05, 0) is 36.4 Å². The van der Waals surface area contributed by atoms with Crippen molar-refractivity contribution in [2.45, 2.75) is 4.90 Å². The Kier molecular flexibility index (Phi) is 9.03. The van der Waals surface area contributed by atoms with E-state index in [1.807, 2.05) is 0 Å². The first-order valence-electron chi connectivity index (χ1n) is 11.4. The number of methoxy groups -OCH3 is 4. The maximum atomic E-state index is 12.8. The number of hydrogen-bond donors (Lipinski definition) is 0. The summed E-state index contributed by atoms with van der Waals surface area (Å²) in [5, 5.41) is 0. The van der Waals surface area contributed by atoms with Gasteiger partial charge in [0.25, 0.3) is 5.78 Å². The van der Waals surface area contributed by atoms with Gasteiger partial charge in [-0.15, -0.1) is 0 Å². The van der Waals surface area contributed by atoms with Gasteiger partial charge in [0.15, 0.2) is 15.6 Å². The van der Waals surface area contributed by atoms with Crippen LogP contribution in [0.4, 0.5) is 0 Å². The van der Waals surface area contributed by atoms with Gasteiger partial charge in [0, 0.05) is 35.6 Å². The first-order valence-corrected chi connectivity index (χ1v) is 13.2. The van der Waals surface area contributed by atoms with Crippen LogP contribution in [0, 0.1) is 0 Å². The Morgan fingerprint density at radius 3 is 1.77 bits per heavy atom. The zero-order chi connectivity index (χ0) is 28.7. The predicted molar refractivity (Wildman–Crippen MR) is 144 cm³/mol. The van der Waals surface area contributed by atoms with Gasteiger partial charge in [-0.25, -0.2) is 8.42 Å². The Labute approximate surface area is 225 Å². The van der Waals surface area contributed by atoms with Gasteiger partial charge in [-0.2, -0.15) is 4.79 Å². The molecule has 0 spiro atoms. The smallest absolute Gasteiger partial charge is 0.362 e. The highest BCUT2D eigenvalue weighted by Crippen LogP contribution is 2.31. The number of carbonyl (C=O) groups is 2. The van der Waals surface area contributed by atoms with E-state index in [1.165, 1.54) is 44.6 Å². The number of allylic oxidation sites excluding steroid dienone is 1. The van der Waals surface area contributed by atoms with Crippen LogP contribution in [-0.4, -0.2) is 65.2 Å². The molecule has 1 aliphatic carbocycles. The summed E-state index contributed by atoms with van der Waals surface area (Å²) in [6.07, 6.45) is 3.83. The molecule has 39 heavy (non-hydrogen) atoms. The molecule has 3 aromatic carbocycles. The monoisotopic (exact) mass is 550 g/mol. The third kappa shape index (κ3) is 6.23. The summed E-state index contributed by atoms with van der Waals surface area (Å²) in [7, 11) is 2.74. The van der Waals surface area contributed by atoms with Crippen molar-refractivity contribution in [3.05, 3.63) is 88.5 Å². The Hall–Kier alpha value is -4.73. The van der Waals surface area contributed by atoms with E-state index in [4.69, 9.17) is 24.5 Å². The molecule has 0 radical (unpaired) electrons. The van der Waals surface area contributed by atoms with Crippen molar-refractivity contribution in [3.63, 3.8) is 0 Å². The lowest BCUT2D eigenvalue weighted by molar-refractivity contribution is -0.00436. The average molecular weight is 551 g/mol. The van der Waals surface area contributed by atoms with Crippen LogP contribution in [0.15, 0.2) is 65.6 Å². The zero-order valence-electron chi connectivity index (χ0n) is 21.9. The molecule has 3 aromatic rings. The number of ether oxygens (including phenoxy) is 4. The molecule has 11 heteroatoms. The van der Waals surface area contributed by atoms with Gasteiger partial charge in [0.1, 0.15) is 23.0 Å². The van der Waals surface area contributed by atoms with Crippen molar-refractivity contribution in [2.75, 3.05) is 34.7 Å². The van der Waals surface area contributed by atoms with E-state index in [0.717, 1.165) is 6.26 Å². The van der Waals surface area contributed by atoms with Crippen LogP contribution in [0.25, 0.3) is 11.6 Å². The molecule has 0 bridgehead atoms. The summed E-state index contributed by atoms with van der Waals surface area (Å²) in [6, 6.07) is 14.5. The highest BCUT2D eigenvalue weighted by molar-refractivity contribution is 7.90. The number of sulfone groups is 1. The molecule has 10 nitrogen and oxygen atoms in total. The van der Waals surface area contributed by atoms with Crippen molar-refractivity contribution in [2.24, 2.45) is 0 Å². The molecule has 0 fully saturated rings. The number of hydrogen-bond acceptors (Lipinski definition) is 8. The number of benzene rings is 3. The quantitative estimate of drug-likeness (QED) is 0.245. The molecule has 0 atom stereocenters. The van der Waals surface area contributed by atoms with Crippen LogP contribution in [0.1, 0.15) is 31.8 Å². The minimum Gasteiger partial charge on any atom is -0.497 e. The maximum absolute atomic E-state index is 12.8. The van der Waals surface area contributed by atoms with Gasteiger partial charge < -0.3 is 24.5 Å². The van der Waals surface area contributed by atoms with E-state index < -0.39 is 15.6 Å². The van der Waals surface area contributed by atoms with E-state index >= 15 is 0 Å². The topological polar surface area (TPSA) is 142 Å². The van der Waals surface area contributed by atoms with Crippen LogP contribution in [0.3, 0.4) is 0 Å². The number of rotatable bonds is 7. The highest BCUT2D eigenvalue weighted by atomic mass is 32.2. The van der Waals surface area contributed by atoms with Crippen LogP contribution >= 0.6 is 0 Å². The van der Waals surface area contributed by atoms with Crippen molar-refractivity contribution in [1.82, 2.24) is 0 Å². The normalized spacial score (nSPS) is 11.9. The molecule has 0 N–H and O–H groups in total. The molecule has 0 amide bonds. The summed E-state index contributed by atoms with van der Waals surface area (Å²) in [5.74, 6) is 1.45. The van der Waals surface area contributed by atoms with Crippen LogP contribution in [-0.2, 0) is 9.84 Å². The summed E-state index contributed by atoms with van der Waals surface area (Å²) in [4.78, 5) is 27.5. The number of nitrogens with zero attached hydrogens (tertiary/aromatic N) is 2. The molecule has 1 aliphatic rings. The second-order valence-corrected chi connectivity index (χ2v) is 10.1. The second kappa shape index (κ2) is 12.2. The fourth-order valence-corrected chi connectivity index (χ4v) is 4.71. The predicted octanol–water partition coefficient (Wildman–Crippen LogP) is 3.92. The van der Waals surface area contributed by atoms with Crippen molar-refractivity contribution < 1.29 is 41.7 Å². The fourth-order valence-electron chi connectivity index (χ4n) is 3.81. The summed E-state index contributed by atoms with van der Waals surface area (Å²) < 4.78 is 43.9. The second-order valence-electron chi connectivity index (χ2n) is 8.10. The SMILES string of the molecule is COc1ccc(C(=O)c2ccc(OC)cc2OC)c(OC)c1.CS(=O)(=O)c1cccc2c1C=CC(=[N+]=[N-])C2=O. The average Bonchev–Trinajstić information content (AvgIpc) is 2.95. The van der Waals surface area contributed by atoms with E-state index in [2.05, 4.69) is 4.79 Å². The number of carbonyl (C=O) groups excluding carboxylic acids is 2. The van der Waals surface area contributed by atoms with Gasteiger partial charge in [-0.3, -0.25) is 9.59 Å². The Balaban J connectivity index is 0.000000223. The Bertz CT molecular complexity index is 1560. The molecular formula is C28H26N2O8S. The maximum Gasteiger partial charge on any atom is 0.362 e. The van der Waals surface area contributed by atoms with Gasteiger partial charge >= 0.3 is 5.71 Å². The minimum absolute atomic E-state index is 0.0941. The molecule has 0 heterocycles. The number of Topliss-reactive ketones (excluding diaryl/α,β-unsaturated/α-hetero) is 1. The third-order valence-corrected chi connectivity index (χ3v) is 6.92. The summed E-state index contributed by atoms with van der Waals surface area (Å²) in [6.45, 7) is 0. The summed E-state index contributed by atoms with van der Waals surface area (Å²) >= 11 is 0. The molecule has 0 aliphatic heterocycles. The van der Waals surface area contributed by atoms with Crippen LogP contribution in [0.2, 0.25) is 0 Å². The first-order chi connectivity index (χ1) is 18.6. The summed E-state index contributed by atoms with van der Waals surface area (Å²) in [5.41, 5.74) is 9.94. The van der Waals surface area contributed by atoms with Crippen LogP contribution in [0.5, 0.6) is 23.0 Å². The van der Waals surface area contributed by atoms with E-state index in [1.54, 1.807) is 50.6 Å². The van der Waals surface area contributed by atoms with Crippen molar-refractivity contribution in [3.8, 4) is 23.0 Å². The van der Waals surface area contributed by atoms with Gasteiger partial charge in [-0.1, -0.05) is 12.1 Å². The highest BCUT2D eigenvalue weighted by Gasteiger charge is 2.28. The van der Waals surface area contributed by atoms with E-state index in [0.29, 0.717) is 39.7 Å². The van der Waals surface area contributed by atoms with Crippen molar-refractivity contribution >= 4 is 33.2 Å². The molecule has 202 valence electrons. The van der Waals surface area contributed by atoms with Gasteiger partial charge in [0.05, 0.1) is 44.5 Å². The third-order valence-electron chi connectivity index (χ3n) is 5.77. The van der Waals surface area contributed by atoms with E-state index in [-0.39, 0.29) is 22.0 Å². The minimum atomic E-state index is -3.40. The molecule has 0 unspecified atom stereocenters.